The van der Waals surface area contributed by atoms with Crippen molar-refractivity contribution in [3.05, 3.63) is 0 Å². The Labute approximate surface area is 116 Å². The fourth-order valence-corrected chi connectivity index (χ4v) is 3.78. The first-order valence-corrected chi connectivity index (χ1v) is 7.76. The highest BCUT2D eigenvalue weighted by atomic mass is 32.1. The molecule has 0 aromatic rings. The van der Waals surface area contributed by atoms with Gasteiger partial charge < -0.3 is 10.6 Å². The molecule has 3 nitrogen and oxygen atoms in total. The molecule has 4 heteroatoms. The van der Waals surface area contributed by atoms with Crippen LogP contribution in [0, 0.1) is 17.3 Å². The molecule has 1 saturated heterocycles. The summed E-state index contributed by atoms with van der Waals surface area (Å²) < 4.78 is 0. The number of hydrogen-bond acceptors (Lipinski definition) is 3. The van der Waals surface area contributed by atoms with E-state index in [9.17, 15) is 4.79 Å². The van der Waals surface area contributed by atoms with Crippen LogP contribution < -0.4 is 5.73 Å². The van der Waals surface area contributed by atoms with Crippen molar-refractivity contribution in [2.45, 2.75) is 45.6 Å². The standard InChI is InChI=1S/C14H26N2OS/c1-10(2)12(15)13(17)16-6-5-14(9-16)4-3-11(7-14)8-18/h10-12,18H,3-9,15H2,1-2H3/t11-,12+,14-/m1/s1. The zero-order valence-electron chi connectivity index (χ0n) is 11.6. The third-order valence-corrected chi connectivity index (χ3v) is 5.33. The van der Waals surface area contributed by atoms with Crippen molar-refractivity contribution in [3.63, 3.8) is 0 Å². The largest absolute Gasteiger partial charge is 0.341 e. The molecule has 0 radical (unpaired) electrons. The molecule has 2 aliphatic rings. The van der Waals surface area contributed by atoms with Crippen LogP contribution >= 0.6 is 12.6 Å². The summed E-state index contributed by atoms with van der Waals surface area (Å²) in [5, 5.41) is 0. The Morgan fingerprint density at radius 1 is 1.50 bits per heavy atom. The van der Waals surface area contributed by atoms with Gasteiger partial charge in [-0.15, -0.1) is 0 Å². The first-order chi connectivity index (χ1) is 8.47. The number of likely N-dealkylation sites (tertiary alicyclic amines) is 1. The monoisotopic (exact) mass is 270 g/mol. The van der Waals surface area contributed by atoms with Crippen molar-refractivity contribution in [1.82, 2.24) is 4.90 Å². The Morgan fingerprint density at radius 2 is 2.22 bits per heavy atom. The minimum atomic E-state index is -0.331. The molecule has 0 aromatic heterocycles. The molecule has 0 aromatic carbocycles. The number of nitrogens with two attached hydrogens (primary N) is 1. The predicted molar refractivity (Wildman–Crippen MR) is 77.6 cm³/mol. The SMILES string of the molecule is CC(C)[C@H](N)C(=O)N1CC[C@@]2(CC[C@@H](CS)C2)C1. The maximum absolute atomic E-state index is 12.3. The van der Waals surface area contributed by atoms with Crippen LogP contribution in [0.2, 0.25) is 0 Å². The summed E-state index contributed by atoms with van der Waals surface area (Å²) in [7, 11) is 0. The molecule has 3 atom stereocenters. The van der Waals surface area contributed by atoms with Crippen LogP contribution in [0.3, 0.4) is 0 Å². The van der Waals surface area contributed by atoms with Gasteiger partial charge in [0.15, 0.2) is 0 Å². The lowest BCUT2D eigenvalue weighted by Gasteiger charge is -2.26. The fraction of sp³-hybridized carbons (Fsp3) is 0.929. The average molecular weight is 270 g/mol. The van der Waals surface area contributed by atoms with E-state index in [1.165, 1.54) is 19.3 Å². The molecule has 2 N–H and O–H groups in total. The Balaban J connectivity index is 1.94. The molecule has 104 valence electrons. The van der Waals surface area contributed by atoms with Gasteiger partial charge in [0.05, 0.1) is 6.04 Å². The molecule has 1 aliphatic carbocycles. The third kappa shape index (κ3) is 2.69. The van der Waals surface area contributed by atoms with Crippen molar-refractivity contribution in [3.8, 4) is 0 Å². The van der Waals surface area contributed by atoms with Gasteiger partial charge in [-0.2, -0.15) is 12.6 Å². The van der Waals surface area contributed by atoms with E-state index in [1.54, 1.807) is 0 Å². The Kier molecular flexibility index (Phi) is 4.27. The Bertz CT molecular complexity index is 321. The van der Waals surface area contributed by atoms with Gasteiger partial charge in [0.2, 0.25) is 5.91 Å². The summed E-state index contributed by atoms with van der Waals surface area (Å²) in [5.41, 5.74) is 6.37. The van der Waals surface area contributed by atoms with E-state index >= 15 is 0 Å². The Hall–Kier alpha value is -0.220. The maximum atomic E-state index is 12.3. The second-order valence-corrected chi connectivity index (χ2v) is 6.94. The van der Waals surface area contributed by atoms with Gasteiger partial charge in [0.25, 0.3) is 0 Å². The van der Waals surface area contributed by atoms with E-state index in [1.807, 2.05) is 18.7 Å². The van der Waals surface area contributed by atoms with Gasteiger partial charge in [-0.05, 0) is 48.7 Å². The van der Waals surface area contributed by atoms with Crippen molar-refractivity contribution in [1.29, 1.82) is 0 Å². The number of amides is 1. The lowest BCUT2D eigenvalue weighted by atomic mass is 9.84. The van der Waals surface area contributed by atoms with Gasteiger partial charge in [0.1, 0.15) is 0 Å². The second kappa shape index (κ2) is 5.41. The van der Waals surface area contributed by atoms with Crippen LogP contribution in [0.1, 0.15) is 39.5 Å². The smallest absolute Gasteiger partial charge is 0.239 e. The topological polar surface area (TPSA) is 46.3 Å². The van der Waals surface area contributed by atoms with Crippen LogP contribution in [-0.4, -0.2) is 35.7 Å². The molecule has 2 fully saturated rings. The van der Waals surface area contributed by atoms with Crippen LogP contribution in [0.4, 0.5) is 0 Å². The van der Waals surface area contributed by atoms with Gasteiger partial charge in [-0.25, -0.2) is 0 Å². The summed E-state index contributed by atoms with van der Waals surface area (Å²) >= 11 is 4.41. The average Bonchev–Trinajstić information content (AvgIpc) is 2.95. The number of hydrogen-bond donors (Lipinski definition) is 2. The first kappa shape index (κ1) is 14.2. The summed E-state index contributed by atoms with van der Waals surface area (Å²) in [5.74, 6) is 2.11. The van der Waals surface area contributed by atoms with E-state index in [0.29, 0.717) is 5.41 Å². The molecule has 1 saturated carbocycles. The molecular formula is C14H26N2OS. The molecule has 0 unspecified atom stereocenters. The van der Waals surface area contributed by atoms with E-state index in [4.69, 9.17) is 5.73 Å². The van der Waals surface area contributed by atoms with Crippen molar-refractivity contribution >= 4 is 18.5 Å². The number of nitrogens with zero attached hydrogens (tertiary/aromatic N) is 1. The van der Waals surface area contributed by atoms with E-state index in [0.717, 1.165) is 31.2 Å². The second-order valence-electron chi connectivity index (χ2n) is 6.57. The maximum Gasteiger partial charge on any atom is 0.239 e. The molecular weight excluding hydrogens is 244 g/mol. The predicted octanol–water partition coefficient (Wildman–Crippen LogP) is 1.92. The minimum Gasteiger partial charge on any atom is -0.341 e. The summed E-state index contributed by atoms with van der Waals surface area (Å²) in [4.78, 5) is 14.3. The van der Waals surface area contributed by atoms with Crippen molar-refractivity contribution < 1.29 is 4.79 Å². The molecule has 2 rings (SSSR count). The lowest BCUT2D eigenvalue weighted by molar-refractivity contribution is -0.132. The normalized spacial score (nSPS) is 33.6. The van der Waals surface area contributed by atoms with Crippen LogP contribution in [0.25, 0.3) is 0 Å². The summed E-state index contributed by atoms with van der Waals surface area (Å²) in [6.45, 7) is 5.86. The third-order valence-electron chi connectivity index (χ3n) is 4.82. The zero-order chi connectivity index (χ0) is 13.3. The van der Waals surface area contributed by atoms with Crippen molar-refractivity contribution in [2.75, 3.05) is 18.8 Å². The van der Waals surface area contributed by atoms with Gasteiger partial charge in [-0.1, -0.05) is 13.8 Å². The van der Waals surface area contributed by atoms with Crippen LogP contribution in [0.5, 0.6) is 0 Å². The molecule has 1 spiro atoms. The van der Waals surface area contributed by atoms with E-state index in [2.05, 4.69) is 12.6 Å². The van der Waals surface area contributed by atoms with E-state index < -0.39 is 0 Å². The molecule has 1 aliphatic heterocycles. The molecule has 18 heavy (non-hydrogen) atoms. The summed E-state index contributed by atoms with van der Waals surface area (Å²) in [6, 6.07) is -0.331. The first-order valence-electron chi connectivity index (χ1n) is 7.13. The minimum absolute atomic E-state index is 0.149. The molecule has 1 amide bonds. The zero-order valence-corrected chi connectivity index (χ0v) is 12.5. The quantitative estimate of drug-likeness (QED) is 0.770. The highest BCUT2D eigenvalue weighted by Gasteiger charge is 2.45. The van der Waals surface area contributed by atoms with Gasteiger partial charge in [-0.3, -0.25) is 4.79 Å². The van der Waals surface area contributed by atoms with Gasteiger partial charge in [0, 0.05) is 13.1 Å². The van der Waals surface area contributed by atoms with Gasteiger partial charge >= 0.3 is 0 Å². The highest BCUT2D eigenvalue weighted by molar-refractivity contribution is 7.80. The number of carbonyl (C=O) groups is 1. The molecule has 0 bridgehead atoms. The van der Waals surface area contributed by atoms with Crippen LogP contribution in [-0.2, 0) is 4.79 Å². The number of thiol groups is 1. The fourth-order valence-electron chi connectivity index (χ4n) is 3.47. The van der Waals surface area contributed by atoms with Crippen LogP contribution in [0.15, 0.2) is 0 Å². The summed E-state index contributed by atoms with van der Waals surface area (Å²) in [6.07, 6.45) is 4.95. The molecule has 1 heterocycles. The Morgan fingerprint density at radius 3 is 2.78 bits per heavy atom. The number of rotatable bonds is 3. The van der Waals surface area contributed by atoms with E-state index in [-0.39, 0.29) is 17.9 Å². The van der Waals surface area contributed by atoms with Crippen molar-refractivity contribution in [2.24, 2.45) is 23.0 Å². The number of carbonyl (C=O) groups excluding carboxylic acids is 1. The lowest BCUT2D eigenvalue weighted by Crippen LogP contribution is -2.46. The highest BCUT2D eigenvalue weighted by Crippen LogP contribution is 2.48.